The van der Waals surface area contributed by atoms with E-state index in [4.69, 9.17) is 5.73 Å². The van der Waals surface area contributed by atoms with E-state index >= 15 is 0 Å². The number of ether oxygens (including phenoxy) is 1. The molecule has 0 aliphatic carbocycles. The minimum atomic E-state index is -0.894. The molecule has 0 radical (unpaired) electrons. The van der Waals surface area contributed by atoms with Crippen LogP contribution < -0.4 is 5.73 Å². The van der Waals surface area contributed by atoms with Crippen LogP contribution in [0.1, 0.15) is 11.6 Å². The van der Waals surface area contributed by atoms with Crippen molar-refractivity contribution in [1.82, 2.24) is 0 Å². The predicted octanol–water partition coefficient (Wildman–Crippen LogP) is 2.18. The number of halogens is 3. The summed E-state index contributed by atoms with van der Waals surface area (Å²) in [5.41, 5.74) is 6.07. The van der Waals surface area contributed by atoms with E-state index in [1.807, 2.05) is 0 Å². The highest BCUT2D eigenvalue weighted by atomic mass is 79.9. The fourth-order valence-electron chi connectivity index (χ4n) is 1.01. The van der Waals surface area contributed by atoms with Crippen LogP contribution in [0.4, 0.5) is 4.39 Å². The van der Waals surface area contributed by atoms with Crippen LogP contribution in [0, 0.1) is 5.82 Å². The number of nitrogens with two attached hydrogens (primary N) is 1. The fraction of sp³-hybridized carbons (Fsp3) is 0.222. The Balaban J connectivity index is 0.00000196. The third-order valence-corrected chi connectivity index (χ3v) is 2.44. The van der Waals surface area contributed by atoms with E-state index in [2.05, 4.69) is 20.7 Å². The molecule has 0 saturated heterocycles. The van der Waals surface area contributed by atoms with Crippen molar-refractivity contribution in [3.8, 4) is 0 Å². The Morgan fingerprint density at radius 1 is 1.60 bits per heavy atom. The molecule has 1 aromatic rings. The molecule has 0 fully saturated rings. The first-order chi connectivity index (χ1) is 6.56. The number of carbonyl (C=O) groups is 1. The van der Waals surface area contributed by atoms with E-state index in [0.29, 0.717) is 10.0 Å². The van der Waals surface area contributed by atoms with Crippen LogP contribution in [-0.4, -0.2) is 13.1 Å². The topological polar surface area (TPSA) is 52.3 Å². The molecule has 6 heteroatoms. The normalized spacial score (nSPS) is 11.5. The van der Waals surface area contributed by atoms with Crippen molar-refractivity contribution in [2.24, 2.45) is 5.73 Å². The van der Waals surface area contributed by atoms with Gasteiger partial charge in [0.15, 0.2) is 0 Å². The predicted molar refractivity (Wildman–Crippen MR) is 60.3 cm³/mol. The Labute approximate surface area is 101 Å². The van der Waals surface area contributed by atoms with E-state index in [1.165, 1.54) is 25.3 Å². The third kappa shape index (κ3) is 3.44. The lowest BCUT2D eigenvalue weighted by atomic mass is 10.1. The van der Waals surface area contributed by atoms with Gasteiger partial charge in [-0.3, -0.25) is 4.79 Å². The third-order valence-electron chi connectivity index (χ3n) is 1.75. The van der Waals surface area contributed by atoms with Crippen molar-refractivity contribution in [1.29, 1.82) is 0 Å². The van der Waals surface area contributed by atoms with Gasteiger partial charge in [-0.15, -0.1) is 12.4 Å². The molecular formula is C9H10BrClFNO2. The van der Waals surface area contributed by atoms with Gasteiger partial charge in [0.1, 0.15) is 11.9 Å². The Kier molecular flexibility index (Phi) is 5.79. The molecule has 1 rings (SSSR count). The highest BCUT2D eigenvalue weighted by Crippen LogP contribution is 2.23. The molecule has 2 N–H and O–H groups in total. The SMILES string of the molecule is COC(=O)C(N)c1ccc(F)cc1Br.Cl. The monoisotopic (exact) mass is 297 g/mol. The summed E-state index contributed by atoms with van der Waals surface area (Å²) in [4.78, 5) is 11.1. The molecule has 0 aromatic heterocycles. The van der Waals surface area contributed by atoms with E-state index in [9.17, 15) is 9.18 Å². The van der Waals surface area contributed by atoms with E-state index in [-0.39, 0.29) is 12.4 Å². The number of hydrogen-bond acceptors (Lipinski definition) is 3. The molecule has 0 saturated carbocycles. The molecule has 0 aliphatic heterocycles. The summed E-state index contributed by atoms with van der Waals surface area (Å²) in [6.07, 6.45) is 0. The summed E-state index contributed by atoms with van der Waals surface area (Å²) in [5.74, 6) is -0.949. The van der Waals surface area contributed by atoms with Crippen LogP contribution in [0.5, 0.6) is 0 Å². The van der Waals surface area contributed by atoms with E-state index in [1.54, 1.807) is 0 Å². The van der Waals surface area contributed by atoms with Gasteiger partial charge in [-0.1, -0.05) is 22.0 Å². The maximum absolute atomic E-state index is 12.7. The Morgan fingerprint density at radius 2 is 2.20 bits per heavy atom. The second kappa shape index (κ2) is 6.05. The second-order valence-electron chi connectivity index (χ2n) is 2.67. The molecule has 0 amide bonds. The average Bonchev–Trinajstić information content (AvgIpc) is 2.15. The molecule has 1 unspecified atom stereocenters. The van der Waals surface area contributed by atoms with Crippen molar-refractivity contribution in [3.05, 3.63) is 34.1 Å². The van der Waals surface area contributed by atoms with Crippen LogP contribution >= 0.6 is 28.3 Å². The van der Waals surface area contributed by atoms with Gasteiger partial charge in [0, 0.05) is 4.47 Å². The number of rotatable bonds is 2. The zero-order valence-corrected chi connectivity index (χ0v) is 10.3. The van der Waals surface area contributed by atoms with Crippen LogP contribution in [0.2, 0.25) is 0 Å². The first-order valence-electron chi connectivity index (χ1n) is 3.84. The van der Waals surface area contributed by atoms with Crippen molar-refractivity contribution < 1.29 is 13.9 Å². The number of esters is 1. The molecule has 15 heavy (non-hydrogen) atoms. The summed E-state index contributed by atoms with van der Waals surface area (Å²) in [5, 5.41) is 0. The highest BCUT2D eigenvalue weighted by molar-refractivity contribution is 9.10. The quantitative estimate of drug-likeness (QED) is 0.852. The smallest absolute Gasteiger partial charge is 0.327 e. The lowest BCUT2D eigenvalue weighted by Gasteiger charge is -2.11. The van der Waals surface area contributed by atoms with Gasteiger partial charge in [-0.2, -0.15) is 0 Å². The van der Waals surface area contributed by atoms with Gasteiger partial charge >= 0.3 is 5.97 Å². The van der Waals surface area contributed by atoms with Gasteiger partial charge in [0.05, 0.1) is 7.11 Å². The summed E-state index contributed by atoms with van der Waals surface area (Å²) in [6, 6.07) is 3.04. The Morgan fingerprint density at radius 3 is 2.67 bits per heavy atom. The van der Waals surface area contributed by atoms with Gasteiger partial charge in [0.2, 0.25) is 0 Å². The molecule has 84 valence electrons. The van der Waals surface area contributed by atoms with Gasteiger partial charge in [-0.05, 0) is 17.7 Å². The Hall–Kier alpha value is -0.650. The first kappa shape index (κ1) is 14.3. The molecule has 0 heterocycles. The number of hydrogen-bond donors (Lipinski definition) is 1. The van der Waals surface area contributed by atoms with E-state index in [0.717, 1.165) is 0 Å². The fourth-order valence-corrected chi connectivity index (χ4v) is 1.61. The molecule has 0 aliphatic rings. The van der Waals surface area contributed by atoms with Crippen LogP contribution in [-0.2, 0) is 9.53 Å². The molecule has 0 spiro atoms. The van der Waals surface area contributed by atoms with Crippen LogP contribution in [0.25, 0.3) is 0 Å². The number of carbonyl (C=O) groups excluding carboxylic acids is 1. The number of benzene rings is 1. The maximum atomic E-state index is 12.7. The molecular weight excluding hydrogens is 288 g/mol. The van der Waals surface area contributed by atoms with E-state index < -0.39 is 17.8 Å². The lowest BCUT2D eigenvalue weighted by Crippen LogP contribution is -2.22. The zero-order chi connectivity index (χ0) is 10.7. The zero-order valence-electron chi connectivity index (χ0n) is 7.87. The summed E-state index contributed by atoms with van der Waals surface area (Å²) in [6.45, 7) is 0. The Bertz CT molecular complexity index is 362. The summed E-state index contributed by atoms with van der Waals surface area (Å²) in [7, 11) is 1.25. The van der Waals surface area contributed by atoms with Crippen LogP contribution in [0.3, 0.4) is 0 Å². The van der Waals surface area contributed by atoms with Gasteiger partial charge < -0.3 is 10.5 Å². The van der Waals surface area contributed by atoms with Crippen molar-refractivity contribution >= 4 is 34.3 Å². The van der Waals surface area contributed by atoms with Gasteiger partial charge in [-0.25, -0.2) is 4.39 Å². The standard InChI is InChI=1S/C9H9BrFNO2.ClH/c1-14-9(13)8(12)6-3-2-5(11)4-7(6)10;/h2-4,8H,12H2,1H3;1H. The molecule has 3 nitrogen and oxygen atoms in total. The molecule has 1 atom stereocenters. The second-order valence-corrected chi connectivity index (χ2v) is 3.52. The number of methoxy groups -OCH3 is 1. The minimum absolute atomic E-state index is 0. The summed E-state index contributed by atoms with van der Waals surface area (Å²) >= 11 is 3.12. The highest BCUT2D eigenvalue weighted by Gasteiger charge is 2.18. The summed E-state index contributed by atoms with van der Waals surface area (Å²) < 4.78 is 17.6. The lowest BCUT2D eigenvalue weighted by molar-refractivity contribution is -0.142. The van der Waals surface area contributed by atoms with Crippen LogP contribution in [0.15, 0.2) is 22.7 Å². The first-order valence-corrected chi connectivity index (χ1v) is 4.64. The van der Waals surface area contributed by atoms with Crippen molar-refractivity contribution in [2.75, 3.05) is 7.11 Å². The van der Waals surface area contributed by atoms with Crippen molar-refractivity contribution in [3.63, 3.8) is 0 Å². The maximum Gasteiger partial charge on any atom is 0.327 e. The van der Waals surface area contributed by atoms with Gasteiger partial charge in [0.25, 0.3) is 0 Å². The molecule has 0 bridgehead atoms. The molecule has 1 aromatic carbocycles. The largest absolute Gasteiger partial charge is 0.468 e. The minimum Gasteiger partial charge on any atom is -0.468 e. The van der Waals surface area contributed by atoms with Crippen molar-refractivity contribution in [2.45, 2.75) is 6.04 Å². The average molecular weight is 299 g/mol.